The molecular weight excluding hydrogens is 363 g/mol. The molecule has 1 aromatic heterocycles. The van der Waals surface area contributed by atoms with Crippen LogP contribution in [0.1, 0.15) is 19.7 Å². The van der Waals surface area contributed by atoms with Gasteiger partial charge in [-0.3, -0.25) is 10.1 Å². The van der Waals surface area contributed by atoms with Crippen LogP contribution in [-0.2, 0) is 11.4 Å². The van der Waals surface area contributed by atoms with E-state index in [1.54, 1.807) is 13.8 Å². The molecule has 1 heterocycles. The highest BCUT2D eigenvalue weighted by molar-refractivity contribution is 8.00. The number of halogens is 1. The number of nitrogens with two attached hydrogens (primary N) is 1. The fourth-order valence-electron chi connectivity index (χ4n) is 1.79. The average Bonchev–Trinajstić information content (AvgIpc) is 2.94. The Kier molecular flexibility index (Phi) is 6.78. The van der Waals surface area contributed by atoms with E-state index in [2.05, 4.69) is 20.8 Å². The highest BCUT2D eigenvalue weighted by atomic mass is 32.2. The number of benzene rings is 1. The molecule has 0 aliphatic carbocycles. The van der Waals surface area contributed by atoms with Gasteiger partial charge in [0.15, 0.2) is 5.82 Å². The molecule has 2 aromatic rings. The quantitative estimate of drug-likeness (QED) is 0.483. The number of nitrogen functional groups attached to an aromatic ring is 1. The number of urea groups is 1. The van der Waals surface area contributed by atoms with Crippen LogP contribution in [0.5, 0.6) is 5.75 Å². The van der Waals surface area contributed by atoms with E-state index in [-0.39, 0.29) is 12.4 Å². The first kappa shape index (κ1) is 19.5. The number of carbonyl (C=O) groups is 2. The maximum Gasteiger partial charge on any atom is 0.321 e. The fraction of sp³-hybridized carbons (Fsp3) is 0.333. The van der Waals surface area contributed by atoms with Crippen LogP contribution in [0.3, 0.4) is 0 Å². The van der Waals surface area contributed by atoms with Gasteiger partial charge < -0.3 is 15.9 Å². The summed E-state index contributed by atoms with van der Waals surface area (Å²) in [6.45, 7) is 3.79. The van der Waals surface area contributed by atoms with Crippen LogP contribution in [0.2, 0.25) is 0 Å². The fourth-order valence-corrected chi connectivity index (χ4v) is 2.58. The van der Waals surface area contributed by atoms with Crippen LogP contribution in [0.25, 0.3) is 0 Å². The monoisotopic (exact) mass is 382 g/mol. The van der Waals surface area contributed by atoms with E-state index < -0.39 is 17.2 Å². The summed E-state index contributed by atoms with van der Waals surface area (Å²) in [6.07, 6.45) is 0. The van der Waals surface area contributed by atoms with Crippen LogP contribution < -0.4 is 21.2 Å². The van der Waals surface area contributed by atoms with Crippen molar-refractivity contribution in [2.75, 3.05) is 12.4 Å². The van der Waals surface area contributed by atoms with Gasteiger partial charge in [-0.05, 0) is 38.1 Å². The molecule has 0 bridgehead atoms. The first-order valence-corrected chi connectivity index (χ1v) is 8.61. The summed E-state index contributed by atoms with van der Waals surface area (Å²) < 4.78 is 19.5. The van der Waals surface area contributed by atoms with Crippen molar-refractivity contribution >= 4 is 23.7 Å². The number of carbonyl (C=O) groups excluding carboxylic acids is 2. The molecule has 9 nitrogen and oxygen atoms in total. The third-order valence-electron chi connectivity index (χ3n) is 3.14. The van der Waals surface area contributed by atoms with Crippen molar-refractivity contribution in [2.45, 2.75) is 30.9 Å². The Labute approximate surface area is 153 Å². The molecule has 0 aliphatic heterocycles. The van der Waals surface area contributed by atoms with E-state index in [1.807, 2.05) is 0 Å². The minimum absolute atomic E-state index is 0.0230. The Morgan fingerprint density at radius 2 is 2.04 bits per heavy atom. The first-order chi connectivity index (χ1) is 12.4. The maximum atomic E-state index is 12.9. The normalized spacial score (nSPS) is 11.7. The van der Waals surface area contributed by atoms with Gasteiger partial charge in [-0.15, -0.1) is 10.2 Å². The zero-order valence-corrected chi connectivity index (χ0v) is 15.0. The molecule has 1 unspecified atom stereocenters. The second-order valence-electron chi connectivity index (χ2n) is 5.12. The van der Waals surface area contributed by atoms with Gasteiger partial charge in [0, 0.05) is 6.54 Å². The van der Waals surface area contributed by atoms with E-state index in [9.17, 15) is 14.0 Å². The number of ether oxygens (including phenoxy) is 1. The third-order valence-corrected chi connectivity index (χ3v) is 4.20. The van der Waals surface area contributed by atoms with Gasteiger partial charge in [-0.1, -0.05) is 11.8 Å². The number of hydrogen-bond donors (Lipinski definition) is 3. The molecule has 4 N–H and O–H groups in total. The number of hydrogen-bond acceptors (Lipinski definition) is 7. The number of nitrogens with one attached hydrogen (secondary N) is 2. The molecule has 11 heteroatoms. The van der Waals surface area contributed by atoms with E-state index >= 15 is 0 Å². The lowest BCUT2D eigenvalue weighted by Gasteiger charge is -2.11. The Hall–Kier alpha value is -2.82. The van der Waals surface area contributed by atoms with Crippen LogP contribution in [0, 0.1) is 5.82 Å². The van der Waals surface area contributed by atoms with Crippen molar-refractivity contribution in [3.05, 3.63) is 35.9 Å². The molecule has 1 aromatic carbocycles. The molecule has 2 rings (SSSR count). The van der Waals surface area contributed by atoms with Gasteiger partial charge in [-0.2, -0.15) is 0 Å². The maximum absolute atomic E-state index is 12.9. The summed E-state index contributed by atoms with van der Waals surface area (Å²) in [5.74, 6) is 5.85. The van der Waals surface area contributed by atoms with Gasteiger partial charge in [-0.25, -0.2) is 13.9 Å². The summed E-state index contributed by atoms with van der Waals surface area (Å²) >= 11 is 1.05. The number of rotatable bonds is 7. The van der Waals surface area contributed by atoms with Crippen LogP contribution in [0.15, 0.2) is 29.4 Å². The zero-order valence-electron chi connectivity index (χ0n) is 14.2. The number of aromatic nitrogens is 3. The molecular formula is C15H19FN6O3S. The standard InChI is InChI=1S/C15H19FN6O3S/c1-3-18-14(24)19-13(23)9(2)26-15-21-20-12(22(15)17)8-25-11-6-4-10(16)5-7-11/h4-7,9H,3,8,17H2,1-2H3,(H2,18,19,23,24). The van der Waals surface area contributed by atoms with Crippen molar-refractivity contribution in [1.82, 2.24) is 25.5 Å². The Morgan fingerprint density at radius 3 is 2.69 bits per heavy atom. The molecule has 26 heavy (non-hydrogen) atoms. The van der Waals surface area contributed by atoms with Crippen LogP contribution in [0.4, 0.5) is 9.18 Å². The zero-order chi connectivity index (χ0) is 19.1. The molecule has 0 spiro atoms. The Bertz CT molecular complexity index is 767. The first-order valence-electron chi connectivity index (χ1n) is 7.73. The number of amides is 3. The summed E-state index contributed by atoms with van der Waals surface area (Å²) in [5, 5.41) is 12.2. The highest BCUT2D eigenvalue weighted by Gasteiger charge is 2.21. The van der Waals surface area contributed by atoms with E-state index in [0.29, 0.717) is 23.3 Å². The topological polar surface area (TPSA) is 124 Å². The minimum Gasteiger partial charge on any atom is -0.486 e. The SMILES string of the molecule is CCNC(=O)NC(=O)C(C)Sc1nnc(COc2ccc(F)cc2)n1N. The van der Waals surface area contributed by atoms with Gasteiger partial charge in [0.25, 0.3) is 0 Å². The molecule has 0 fully saturated rings. The molecule has 0 radical (unpaired) electrons. The van der Waals surface area contributed by atoms with Gasteiger partial charge in [0.05, 0.1) is 5.25 Å². The average molecular weight is 382 g/mol. The molecule has 1 atom stereocenters. The summed E-state index contributed by atoms with van der Waals surface area (Å²) in [4.78, 5) is 23.3. The molecule has 0 aliphatic rings. The minimum atomic E-state index is -0.616. The van der Waals surface area contributed by atoms with Gasteiger partial charge in [0.1, 0.15) is 18.2 Å². The van der Waals surface area contributed by atoms with Crippen molar-refractivity contribution in [3.8, 4) is 5.75 Å². The molecule has 140 valence electrons. The predicted octanol–water partition coefficient (Wildman–Crippen LogP) is 1.04. The van der Waals surface area contributed by atoms with E-state index in [0.717, 1.165) is 11.8 Å². The van der Waals surface area contributed by atoms with Crippen molar-refractivity contribution in [1.29, 1.82) is 0 Å². The second-order valence-corrected chi connectivity index (χ2v) is 6.43. The summed E-state index contributed by atoms with van der Waals surface area (Å²) in [6, 6.07) is 4.95. The van der Waals surface area contributed by atoms with Crippen molar-refractivity contribution < 1.29 is 18.7 Å². The van der Waals surface area contributed by atoms with E-state index in [4.69, 9.17) is 10.6 Å². The lowest BCUT2D eigenvalue weighted by molar-refractivity contribution is -0.119. The number of imide groups is 1. The van der Waals surface area contributed by atoms with Crippen LogP contribution >= 0.6 is 11.8 Å². The lowest BCUT2D eigenvalue weighted by Crippen LogP contribution is -2.42. The predicted molar refractivity (Wildman–Crippen MR) is 93.4 cm³/mol. The summed E-state index contributed by atoms with van der Waals surface area (Å²) in [7, 11) is 0. The third kappa shape index (κ3) is 5.34. The molecule has 0 saturated heterocycles. The highest BCUT2D eigenvalue weighted by Crippen LogP contribution is 2.21. The molecule has 3 amide bonds. The van der Waals surface area contributed by atoms with Crippen molar-refractivity contribution in [2.24, 2.45) is 0 Å². The smallest absolute Gasteiger partial charge is 0.321 e. The van der Waals surface area contributed by atoms with Crippen molar-refractivity contribution in [3.63, 3.8) is 0 Å². The number of nitrogens with zero attached hydrogens (tertiary/aromatic N) is 3. The lowest BCUT2D eigenvalue weighted by atomic mass is 10.3. The van der Waals surface area contributed by atoms with Crippen LogP contribution in [-0.4, -0.2) is 38.6 Å². The second kappa shape index (κ2) is 9.04. The Balaban J connectivity index is 1.92. The van der Waals surface area contributed by atoms with Gasteiger partial charge in [0.2, 0.25) is 11.1 Å². The van der Waals surface area contributed by atoms with E-state index in [1.165, 1.54) is 28.9 Å². The number of thioether (sulfide) groups is 1. The largest absolute Gasteiger partial charge is 0.486 e. The summed E-state index contributed by atoms with van der Waals surface area (Å²) in [5.41, 5.74) is 0. The molecule has 0 saturated carbocycles. The Morgan fingerprint density at radius 1 is 1.35 bits per heavy atom. The van der Waals surface area contributed by atoms with Gasteiger partial charge >= 0.3 is 6.03 Å².